The van der Waals surface area contributed by atoms with Crippen LogP contribution in [0.1, 0.15) is 19.4 Å². The number of hydrogen-bond donors (Lipinski definition) is 1. The van der Waals surface area contributed by atoms with Gasteiger partial charge in [0.2, 0.25) is 0 Å². The van der Waals surface area contributed by atoms with Crippen LogP contribution in [0.4, 0.5) is 0 Å². The molecule has 1 aromatic carbocycles. The summed E-state index contributed by atoms with van der Waals surface area (Å²) in [6.45, 7) is 6.07. The van der Waals surface area contributed by atoms with Gasteiger partial charge in [0.05, 0.1) is 16.1 Å². The molecule has 0 spiro atoms. The minimum absolute atomic E-state index is 0.286. The van der Waals surface area contributed by atoms with Crippen LogP contribution in [0, 0.1) is 23.1 Å². The Morgan fingerprint density at radius 3 is 2.00 bits per heavy atom. The van der Waals surface area contributed by atoms with Crippen molar-refractivity contribution in [1.29, 1.82) is 0 Å². The van der Waals surface area contributed by atoms with E-state index in [1.165, 1.54) is 11.9 Å². The summed E-state index contributed by atoms with van der Waals surface area (Å²) in [6.07, 6.45) is 1.89. The first-order valence-electron chi connectivity index (χ1n) is 6.40. The van der Waals surface area contributed by atoms with Gasteiger partial charge in [-0.2, -0.15) is 8.42 Å². The van der Waals surface area contributed by atoms with Gasteiger partial charge in [-0.15, -0.1) is 10.2 Å². The molecule has 0 saturated heterocycles. The lowest BCUT2D eigenvalue weighted by Crippen LogP contribution is -2.68. The minimum Gasteiger partial charge on any atom is -0.222 e. The molecular formula is C12H17ClN2O6S2. The molecule has 1 aromatic rings. The summed E-state index contributed by atoms with van der Waals surface area (Å²) in [5, 5.41) is 0.380. The molecule has 23 heavy (non-hydrogen) atoms. The zero-order valence-corrected chi connectivity index (χ0v) is 15.0. The van der Waals surface area contributed by atoms with Gasteiger partial charge in [0.25, 0.3) is 0 Å². The van der Waals surface area contributed by atoms with Crippen LogP contribution in [0.2, 0.25) is 0 Å². The Morgan fingerprint density at radius 2 is 1.61 bits per heavy atom. The fraction of sp³-hybridized carbons (Fsp3) is 0.417. The lowest BCUT2D eigenvalue weighted by atomic mass is 10.1. The molecule has 8 nitrogen and oxygen atoms in total. The summed E-state index contributed by atoms with van der Waals surface area (Å²) in [4.78, 5) is 2.85. The zero-order chi connectivity index (χ0) is 17.8. The van der Waals surface area contributed by atoms with Crippen molar-refractivity contribution in [3.63, 3.8) is 0 Å². The molecule has 1 aliphatic rings. The van der Waals surface area contributed by atoms with Gasteiger partial charge in [-0.05, 0) is 30.1 Å². The highest BCUT2D eigenvalue weighted by atomic mass is 35.7. The molecule has 0 bridgehead atoms. The molecule has 130 valence electrons. The number of nitrogens with zero attached hydrogens (tertiary/aromatic N) is 1. The maximum absolute atomic E-state index is 12.1. The molecule has 1 aliphatic heterocycles. The normalized spacial score (nSPS) is 21.3. The van der Waals surface area contributed by atoms with Crippen LogP contribution < -0.4 is 23.5 Å². The molecule has 0 aromatic heterocycles. The number of hydrazone groups is 1. The number of benzene rings is 1. The van der Waals surface area contributed by atoms with Gasteiger partial charge in [-0.1, -0.05) is 29.5 Å². The Labute approximate surface area is 141 Å². The van der Waals surface area contributed by atoms with Crippen LogP contribution in [-0.4, -0.2) is 24.0 Å². The SMILES string of the molecule is Cc1ccc(S(=O)(=O)N[N+]2=CC(C)C(C)S2)cc1.[O-][Cl+3]([O-])([O-])[O-]. The summed E-state index contributed by atoms with van der Waals surface area (Å²) >= 11 is 1.49. The highest BCUT2D eigenvalue weighted by molar-refractivity contribution is 7.95. The Bertz CT molecular complexity index is 651. The quantitative estimate of drug-likeness (QED) is 0.438. The maximum atomic E-state index is 12.1. The van der Waals surface area contributed by atoms with Gasteiger partial charge in [0, 0.05) is 0 Å². The van der Waals surface area contributed by atoms with E-state index >= 15 is 0 Å². The van der Waals surface area contributed by atoms with Crippen LogP contribution in [0.15, 0.2) is 29.2 Å². The summed E-state index contributed by atoms with van der Waals surface area (Å²) in [7, 11) is -8.43. The summed E-state index contributed by atoms with van der Waals surface area (Å²) in [5.74, 6) is 0.357. The third kappa shape index (κ3) is 7.48. The molecule has 0 fully saturated rings. The number of hydrogen-bond acceptors (Lipinski definition) is 7. The van der Waals surface area contributed by atoms with Gasteiger partial charge in [-0.3, -0.25) is 0 Å². The number of rotatable bonds is 3. The second-order valence-corrected chi connectivity index (χ2v) is 8.69. The van der Waals surface area contributed by atoms with E-state index in [0.29, 0.717) is 11.2 Å². The van der Waals surface area contributed by atoms with Crippen molar-refractivity contribution >= 4 is 28.2 Å². The van der Waals surface area contributed by atoms with E-state index < -0.39 is 20.3 Å². The van der Waals surface area contributed by atoms with Gasteiger partial charge < -0.3 is 0 Å². The molecule has 0 saturated carbocycles. The third-order valence-electron chi connectivity index (χ3n) is 2.93. The van der Waals surface area contributed by atoms with Crippen LogP contribution >= 0.6 is 11.9 Å². The smallest absolute Gasteiger partial charge is 0.222 e. The molecule has 1 heterocycles. The van der Waals surface area contributed by atoms with E-state index in [1.807, 2.05) is 13.1 Å². The first-order chi connectivity index (χ1) is 10.4. The highest BCUT2D eigenvalue weighted by Gasteiger charge is 2.33. The van der Waals surface area contributed by atoms with Crippen LogP contribution in [-0.2, 0) is 10.0 Å². The number of sulfonamides is 1. The standard InChI is InChI=1S/C12H17N2O2S2.ClHO4/c1-9-4-6-12(7-5-9)18(15,16)13-14-8-10(2)11(3)17-14;2-1(3,4)5/h4-8,10-11,13H,1-3H3;(H,2,3,4,5)/q+1;/p-1. The second kappa shape index (κ2) is 7.79. The summed E-state index contributed by atoms with van der Waals surface area (Å²) in [5.41, 5.74) is 1.04. The van der Waals surface area contributed by atoms with Crippen LogP contribution in [0.5, 0.6) is 0 Å². The maximum Gasteiger partial charge on any atom is 0.307 e. The number of halogens is 1. The van der Waals surface area contributed by atoms with E-state index in [4.69, 9.17) is 18.6 Å². The Morgan fingerprint density at radius 1 is 1.13 bits per heavy atom. The van der Waals surface area contributed by atoms with Crippen molar-refractivity contribution in [1.82, 2.24) is 4.83 Å². The monoisotopic (exact) mass is 384 g/mol. The van der Waals surface area contributed by atoms with Crippen molar-refractivity contribution in [3.05, 3.63) is 29.8 Å². The molecule has 0 radical (unpaired) electrons. The first kappa shape index (κ1) is 20.2. The summed E-state index contributed by atoms with van der Waals surface area (Å²) in [6, 6.07) is 6.82. The van der Waals surface area contributed by atoms with Gasteiger partial charge in [0.15, 0.2) is 18.2 Å². The van der Waals surface area contributed by atoms with Crippen LogP contribution in [0.25, 0.3) is 0 Å². The average Bonchev–Trinajstić information content (AvgIpc) is 2.65. The molecule has 0 amide bonds. The second-order valence-electron chi connectivity index (χ2n) is 4.93. The molecule has 2 rings (SSSR count). The molecule has 2 unspecified atom stereocenters. The van der Waals surface area contributed by atoms with Gasteiger partial charge >= 0.3 is 10.0 Å². The molecule has 11 heteroatoms. The Kier molecular flexibility index (Phi) is 6.83. The Balaban J connectivity index is 0.000000463. The molecule has 1 N–H and O–H groups in total. The average molecular weight is 385 g/mol. The summed E-state index contributed by atoms with van der Waals surface area (Å²) < 4.78 is 59.8. The number of aryl methyl sites for hydroxylation is 1. The highest BCUT2D eigenvalue weighted by Crippen LogP contribution is 2.24. The Hall–Kier alpha value is -0.880. The van der Waals surface area contributed by atoms with Crippen LogP contribution in [0.3, 0.4) is 0 Å². The molecule has 2 atom stereocenters. The van der Waals surface area contributed by atoms with Gasteiger partial charge in [0.1, 0.15) is 0 Å². The fourth-order valence-corrected chi connectivity index (χ4v) is 3.83. The predicted molar refractivity (Wildman–Crippen MR) is 74.0 cm³/mol. The van der Waals surface area contributed by atoms with E-state index in [0.717, 1.165) is 5.56 Å². The minimum atomic E-state index is -4.94. The van der Waals surface area contributed by atoms with E-state index in [2.05, 4.69) is 18.7 Å². The van der Waals surface area contributed by atoms with Gasteiger partial charge in [-0.25, -0.2) is 18.6 Å². The topological polar surface area (TPSA) is 141 Å². The first-order valence-corrected chi connectivity index (χ1v) is 9.96. The van der Waals surface area contributed by atoms with Crippen molar-refractivity contribution < 1.29 is 41.4 Å². The lowest BCUT2D eigenvalue weighted by molar-refractivity contribution is -2.00. The number of hydrazine groups is 1. The predicted octanol–water partition coefficient (Wildman–Crippen LogP) is -2.80. The zero-order valence-electron chi connectivity index (χ0n) is 12.6. The van der Waals surface area contributed by atoms with Crippen molar-refractivity contribution in [2.45, 2.75) is 30.9 Å². The van der Waals surface area contributed by atoms with Crippen molar-refractivity contribution in [3.8, 4) is 0 Å². The van der Waals surface area contributed by atoms with E-state index in [1.54, 1.807) is 28.4 Å². The largest absolute Gasteiger partial charge is 0.307 e. The van der Waals surface area contributed by atoms with E-state index in [-0.39, 0.29) is 4.90 Å². The molecular weight excluding hydrogens is 368 g/mol. The molecule has 0 aliphatic carbocycles. The van der Waals surface area contributed by atoms with E-state index in [9.17, 15) is 8.42 Å². The van der Waals surface area contributed by atoms with Crippen molar-refractivity contribution in [2.24, 2.45) is 5.92 Å². The number of nitrogens with one attached hydrogen (secondary N) is 1. The lowest BCUT2D eigenvalue weighted by Gasteiger charge is -2.17. The van der Waals surface area contributed by atoms with Crippen molar-refractivity contribution in [2.75, 3.05) is 0 Å². The third-order valence-corrected chi connectivity index (χ3v) is 5.58. The fourth-order valence-electron chi connectivity index (χ4n) is 1.59.